The Kier molecular flexibility index (Phi) is 4.97. The minimum atomic E-state index is 0.0609. The van der Waals surface area contributed by atoms with Crippen LogP contribution in [0.4, 0.5) is 0 Å². The normalized spacial score (nSPS) is 18.1. The zero-order valence-corrected chi connectivity index (χ0v) is 13.3. The summed E-state index contributed by atoms with van der Waals surface area (Å²) in [6, 6.07) is 1.99. The van der Waals surface area contributed by atoms with Crippen LogP contribution in [0.1, 0.15) is 17.8 Å². The van der Waals surface area contributed by atoms with E-state index in [0.717, 1.165) is 24.2 Å². The van der Waals surface area contributed by atoms with Crippen molar-refractivity contribution in [3.05, 3.63) is 42.5 Å². The van der Waals surface area contributed by atoms with Gasteiger partial charge in [0.1, 0.15) is 12.9 Å². The summed E-state index contributed by atoms with van der Waals surface area (Å²) in [6.45, 7) is 4.16. The molecule has 2 aromatic rings. The van der Waals surface area contributed by atoms with Crippen LogP contribution in [0.25, 0.3) is 0 Å². The van der Waals surface area contributed by atoms with E-state index in [1.54, 1.807) is 29.6 Å². The third kappa shape index (κ3) is 4.35. The van der Waals surface area contributed by atoms with Gasteiger partial charge in [-0.1, -0.05) is 0 Å². The molecule has 0 aliphatic carbocycles. The van der Waals surface area contributed by atoms with E-state index in [1.165, 1.54) is 0 Å². The summed E-state index contributed by atoms with van der Waals surface area (Å²) < 4.78 is 7.58. The molecule has 1 aliphatic heterocycles. The molecule has 3 rings (SSSR count). The molecule has 7 heteroatoms. The van der Waals surface area contributed by atoms with E-state index in [-0.39, 0.29) is 12.0 Å². The first-order valence-electron chi connectivity index (χ1n) is 7.83. The van der Waals surface area contributed by atoms with Gasteiger partial charge in [-0.15, -0.1) is 0 Å². The summed E-state index contributed by atoms with van der Waals surface area (Å²) in [6.07, 6.45) is 8.47. The SMILES string of the molecule is Cc1cc(CC[C@H]2CN(C(=O)Cn3ccnc3)CCO2)ncn1. The number of hydrogen-bond acceptors (Lipinski definition) is 5. The van der Waals surface area contributed by atoms with Gasteiger partial charge in [-0.25, -0.2) is 15.0 Å². The molecule has 7 nitrogen and oxygen atoms in total. The van der Waals surface area contributed by atoms with Crippen molar-refractivity contribution in [2.75, 3.05) is 19.7 Å². The Balaban J connectivity index is 1.50. The third-order valence-corrected chi connectivity index (χ3v) is 3.95. The van der Waals surface area contributed by atoms with Crippen LogP contribution in [0, 0.1) is 6.92 Å². The van der Waals surface area contributed by atoms with Gasteiger partial charge in [0.15, 0.2) is 0 Å². The number of nitrogens with zero attached hydrogens (tertiary/aromatic N) is 5. The fraction of sp³-hybridized carbons (Fsp3) is 0.500. The standard InChI is InChI=1S/C16H21N5O2/c1-13-8-14(19-11-18-13)2-3-15-9-21(6-7-23-15)16(22)10-20-5-4-17-12-20/h4-5,8,11-12,15H,2-3,6-7,9-10H2,1H3/t15-/m0/s1. The molecular weight excluding hydrogens is 294 g/mol. The molecule has 0 saturated carbocycles. The predicted molar refractivity (Wildman–Crippen MR) is 83.6 cm³/mol. The first-order chi connectivity index (χ1) is 11.2. The zero-order valence-electron chi connectivity index (χ0n) is 13.3. The molecule has 0 unspecified atom stereocenters. The second-order valence-electron chi connectivity index (χ2n) is 5.76. The highest BCUT2D eigenvalue weighted by atomic mass is 16.5. The van der Waals surface area contributed by atoms with E-state index in [1.807, 2.05) is 17.9 Å². The number of aryl methyl sites for hydroxylation is 2. The first-order valence-corrected chi connectivity index (χ1v) is 7.83. The maximum atomic E-state index is 12.3. The van der Waals surface area contributed by atoms with Crippen molar-refractivity contribution >= 4 is 5.91 Å². The van der Waals surface area contributed by atoms with Crippen LogP contribution in [0.3, 0.4) is 0 Å². The molecule has 122 valence electrons. The first kappa shape index (κ1) is 15.6. The van der Waals surface area contributed by atoms with Gasteiger partial charge in [0.2, 0.25) is 5.91 Å². The third-order valence-electron chi connectivity index (χ3n) is 3.95. The predicted octanol–water partition coefficient (Wildman–Crippen LogP) is 0.842. The second kappa shape index (κ2) is 7.32. The van der Waals surface area contributed by atoms with Gasteiger partial charge in [-0.05, 0) is 25.8 Å². The fourth-order valence-electron chi connectivity index (χ4n) is 2.71. The van der Waals surface area contributed by atoms with Crippen molar-refractivity contribution in [3.63, 3.8) is 0 Å². The molecule has 0 bridgehead atoms. The highest BCUT2D eigenvalue weighted by molar-refractivity contribution is 5.76. The van der Waals surface area contributed by atoms with Gasteiger partial charge >= 0.3 is 0 Å². The number of carbonyl (C=O) groups excluding carboxylic acids is 1. The van der Waals surface area contributed by atoms with Crippen LogP contribution in [-0.4, -0.2) is 56.1 Å². The van der Waals surface area contributed by atoms with E-state index in [9.17, 15) is 4.79 Å². The van der Waals surface area contributed by atoms with Gasteiger partial charge < -0.3 is 14.2 Å². The largest absolute Gasteiger partial charge is 0.375 e. The van der Waals surface area contributed by atoms with Gasteiger partial charge in [-0.2, -0.15) is 0 Å². The minimum Gasteiger partial charge on any atom is -0.375 e. The summed E-state index contributed by atoms with van der Waals surface area (Å²) in [5, 5.41) is 0. The lowest BCUT2D eigenvalue weighted by molar-refractivity contribution is -0.139. The van der Waals surface area contributed by atoms with Crippen LogP contribution in [0.5, 0.6) is 0 Å². The maximum absolute atomic E-state index is 12.3. The molecule has 1 saturated heterocycles. The van der Waals surface area contributed by atoms with E-state index in [4.69, 9.17) is 4.74 Å². The molecule has 1 amide bonds. The Morgan fingerprint density at radius 2 is 2.35 bits per heavy atom. The Morgan fingerprint density at radius 3 is 3.13 bits per heavy atom. The minimum absolute atomic E-state index is 0.0609. The number of aromatic nitrogens is 4. The second-order valence-corrected chi connectivity index (χ2v) is 5.76. The number of rotatable bonds is 5. The van der Waals surface area contributed by atoms with Crippen molar-refractivity contribution in [1.29, 1.82) is 0 Å². The van der Waals surface area contributed by atoms with E-state index >= 15 is 0 Å². The number of amides is 1. The average molecular weight is 315 g/mol. The lowest BCUT2D eigenvalue weighted by Crippen LogP contribution is -2.46. The Labute approximate surface area is 135 Å². The molecule has 2 aromatic heterocycles. The van der Waals surface area contributed by atoms with Crippen LogP contribution in [0.15, 0.2) is 31.1 Å². The monoisotopic (exact) mass is 315 g/mol. The molecule has 0 spiro atoms. The van der Waals surface area contributed by atoms with Crippen LogP contribution in [0.2, 0.25) is 0 Å². The number of ether oxygens (including phenoxy) is 1. The highest BCUT2D eigenvalue weighted by Gasteiger charge is 2.24. The van der Waals surface area contributed by atoms with Gasteiger partial charge in [0.25, 0.3) is 0 Å². The van der Waals surface area contributed by atoms with Crippen molar-refractivity contribution in [1.82, 2.24) is 24.4 Å². The summed E-state index contributed by atoms with van der Waals surface area (Å²) >= 11 is 0. The van der Waals surface area contributed by atoms with Gasteiger partial charge in [0.05, 0.1) is 19.0 Å². The molecule has 1 aliphatic rings. The highest BCUT2D eigenvalue weighted by Crippen LogP contribution is 2.12. The van der Waals surface area contributed by atoms with Crippen LogP contribution < -0.4 is 0 Å². The molecule has 23 heavy (non-hydrogen) atoms. The molecule has 1 atom stereocenters. The molecular formula is C16H21N5O2. The van der Waals surface area contributed by atoms with E-state index in [0.29, 0.717) is 26.2 Å². The van der Waals surface area contributed by atoms with Crippen molar-refractivity contribution < 1.29 is 9.53 Å². The molecule has 3 heterocycles. The Hall–Kier alpha value is -2.28. The summed E-state index contributed by atoms with van der Waals surface area (Å²) in [5.41, 5.74) is 1.99. The van der Waals surface area contributed by atoms with Crippen molar-refractivity contribution in [2.24, 2.45) is 0 Å². The summed E-state index contributed by atoms with van der Waals surface area (Å²) in [5.74, 6) is 0.106. The number of hydrogen-bond donors (Lipinski definition) is 0. The fourth-order valence-corrected chi connectivity index (χ4v) is 2.71. The Morgan fingerprint density at radius 1 is 1.43 bits per heavy atom. The molecule has 1 fully saturated rings. The summed E-state index contributed by atoms with van der Waals surface area (Å²) in [7, 11) is 0. The van der Waals surface area contributed by atoms with Crippen LogP contribution >= 0.6 is 0 Å². The quantitative estimate of drug-likeness (QED) is 0.817. The van der Waals surface area contributed by atoms with Crippen LogP contribution in [-0.2, 0) is 22.5 Å². The number of morpholine rings is 1. The summed E-state index contributed by atoms with van der Waals surface area (Å²) in [4.78, 5) is 26.5. The maximum Gasteiger partial charge on any atom is 0.242 e. The van der Waals surface area contributed by atoms with E-state index < -0.39 is 0 Å². The lowest BCUT2D eigenvalue weighted by atomic mass is 10.1. The van der Waals surface area contributed by atoms with Gasteiger partial charge in [0, 0.05) is 36.9 Å². The lowest BCUT2D eigenvalue weighted by Gasteiger charge is -2.33. The van der Waals surface area contributed by atoms with Crippen molar-refractivity contribution in [2.45, 2.75) is 32.4 Å². The molecule has 0 N–H and O–H groups in total. The van der Waals surface area contributed by atoms with Crippen molar-refractivity contribution in [3.8, 4) is 0 Å². The van der Waals surface area contributed by atoms with Gasteiger partial charge in [-0.3, -0.25) is 4.79 Å². The zero-order chi connectivity index (χ0) is 16.1. The molecule has 0 radical (unpaired) electrons. The molecule has 0 aromatic carbocycles. The number of imidazole rings is 1. The topological polar surface area (TPSA) is 73.1 Å². The average Bonchev–Trinajstić information content (AvgIpc) is 3.06. The number of carbonyl (C=O) groups is 1. The smallest absolute Gasteiger partial charge is 0.242 e. The van der Waals surface area contributed by atoms with E-state index in [2.05, 4.69) is 15.0 Å². The Bertz CT molecular complexity index is 644.